The SMILES string of the molecule is COC(=O)N1CCN2CCOCCOCCN(CCN(C(=O)OC)CC1)CCN(C(=O)OC)CCN(C(=O)OC)CC2. The van der Waals surface area contributed by atoms with Crippen LogP contribution in [0.25, 0.3) is 0 Å². The zero-order chi connectivity index (χ0) is 30.7. The molecule has 0 radical (unpaired) electrons. The Morgan fingerprint density at radius 1 is 0.381 bits per heavy atom. The summed E-state index contributed by atoms with van der Waals surface area (Å²) in [5.74, 6) is 0. The lowest BCUT2D eigenvalue weighted by atomic mass is 10.3. The second kappa shape index (κ2) is 19.9. The zero-order valence-electron chi connectivity index (χ0n) is 25.5. The minimum absolute atomic E-state index is 0.236. The summed E-state index contributed by atoms with van der Waals surface area (Å²) in [5.41, 5.74) is 0. The van der Waals surface area contributed by atoms with Crippen LogP contribution in [-0.2, 0) is 28.4 Å². The van der Waals surface area contributed by atoms with E-state index in [-0.39, 0.29) is 26.2 Å². The molecule has 0 aromatic rings. The van der Waals surface area contributed by atoms with Gasteiger partial charge in [-0.1, -0.05) is 0 Å². The van der Waals surface area contributed by atoms with Gasteiger partial charge in [0.25, 0.3) is 0 Å². The fourth-order valence-electron chi connectivity index (χ4n) is 4.61. The van der Waals surface area contributed by atoms with Crippen molar-refractivity contribution in [3.05, 3.63) is 0 Å². The van der Waals surface area contributed by atoms with Gasteiger partial charge >= 0.3 is 24.4 Å². The summed E-state index contributed by atoms with van der Waals surface area (Å²) in [4.78, 5) is 60.9. The first-order valence-electron chi connectivity index (χ1n) is 14.2. The van der Waals surface area contributed by atoms with E-state index < -0.39 is 24.4 Å². The Labute approximate surface area is 248 Å². The van der Waals surface area contributed by atoms with Crippen LogP contribution in [0.1, 0.15) is 0 Å². The fraction of sp³-hybridized carbons (Fsp3) is 0.846. The summed E-state index contributed by atoms with van der Waals surface area (Å²) in [7, 11) is 5.28. The lowest BCUT2D eigenvalue weighted by Crippen LogP contribution is -2.49. The molecule has 0 aliphatic carbocycles. The van der Waals surface area contributed by atoms with Crippen LogP contribution in [-0.4, -0.2) is 200 Å². The van der Waals surface area contributed by atoms with E-state index in [4.69, 9.17) is 28.4 Å². The summed E-state index contributed by atoms with van der Waals surface area (Å²) in [6.45, 7) is 6.87. The van der Waals surface area contributed by atoms with Crippen molar-refractivity contribution in [1.82, 2.24) is 29.4 Å². The van der Waals surface area contributed by atoms with Gasteiger partial charge in [0.15, 0.2) is 0 Å². The molecular formula is C26H48N6O10. The number of amides is 4. The Bertz CT molecular complexity index is 715. The van der Waals surface area contributed by atoms with Gasteiger partial charge in [-0.2, -0.15) is 0 Å². The monoisotopic (exact) mass is 604 g/mol. The highest BCUT2D eigenvalue weighted by molar-refractivity contribution is 5.69. The van der Waals surface area contributed by atoms with Gasteiger partial charge in [0.05, 0.1) is 54.9 Å². The molecule has 0 unspecified atom stereocenters. The lowest BCUT2D eigenvalue weighted by Gasteiger charge is -2.33. The third-order valence-corrected chi connectivity index (χ3v) is 7.23. The largest absolute Gasteiger partial charge is 0.453 e. The molecule has 3 aliphatic rings. The molecular weight excluding hydrogens is 556 g/mol. The van der Waals surface area contributed by atoms with Crippen LogP contribution in [0.4, 0.5) is 19.2 Å². The molecule has 4 amide bonds. The molecule has 3 heterocycles. The molecule has 242 valence electrons. The Kier molecular flexibility index (Phi) is 16.7. The molecule has 0 aromatic carbocycles. The van der Waals surface area contributed by atoms with Crippen molar-refractivity contribution in [3.8, 4) is 0 Å². The summed E-state index contributed by atoms with van der Waals surface area (Å²) in [6.07, 6.45) is -2.01. The number of fused-ring (bicyclic) bond motifs is 21. The van der Waals surface area contributed by atoms with Crippen LogP contribution in [0.15, 0.2) is 0 Å². The molecule has 3 saturated heterocycles. The van der Waals surface area contributed by atoms with Gasteiger partial charge in [-0.25, -0.2) is 19.2 Å². The molecule has 0 spiro atoms. The van der Waals surface area contributed by atoms with E-state index in [1.807, 2.05) is 0 Å². The maximum absolute atomic E-state index is 12.6. The number of ether oxygens (including phenoxy) is 6. The molecule has 3 rings (SSSR count). The molecule has 2 bridgehead atoms. The molecule has 3 aliphatic heterocycles. The third-order valence-electron chi connectivity index (χ3n) is 7.23. The molecule has 16 nitrogen and oxygen atoms in total. The van der Waals surface area contributed by atoms with Gasteiger partial charge in [0.2, 0.25) is 0 Å². The average molecular weight is 605 g/mol. The number of hydrogen-bond acceptors (Lipinski definition) is 12. The molecule has 3 fully saturated rings. The van der Waals surface area contributed by atoms with Crippen LogP contribution < -0.4 is 0 Å². The predicted octanol–water partition coefficient (Wildman–Crippen LogP) is -0.0756. The van der Waals surface area contributed by atoms with Crippen molar-refractivity contribution in [1.29, 1.82) is 0 Å². The maximum Gasteiger partial charge on any atom is 0.409 e. The highest BCUT2D eigenvalue weighted by Crippen LogP contribution is 2.05. The topological polar surface area (TPSA) is 143 Å². The van der Waals surface area contributed by atoms with Crippen molar-refractivity contribution < 1.29 is 47.6 Å². The Morgan fingerprint density at radius 2 is 0.619 bits per heavy atom. The van der Waals surface area contributed by atoms with Crippen molar-refractivity contribution in [2.24, 2.45) is 0 Å². The molecule has 0 aromatic heterocycles. The smallest absolute Gasteiger partial charge is 0.409 e. The predicted molar refractivity (Wildman–Crippen MR) is 150 cm³/mol. The quantitative estimate of drug-likeness (QED) is 0.341. The highest BCUT2D eigenvalue weighted by atomic mass is 16.6. The van der Waals surface area contributed by atoms with Gasteiger partial charge in [-0.3, -0.25) is 9.80 Å². The number of hydrogen-bond donors (Lipinski definition) is 0. The van der Waals surface area contributed by atoms with Crippen LogP contribution in [0, 0.1) is 0 Å². The van der Waals surface area contributed by atoms with Crippen LogP contribution in [0.2, 0.25) is 0 Å². The summed E-state index contributed by atoms with van der Waals surface area (Å²) >= 11 is 0. The van der Waals surface area contributed by atoms with Gasteiger partial charge in [-0.15, -0.1) is 0 Å². The number of rotatable bonds is 0. The molecule has 0 atom stereocenters. The maximum atomic E-state index is 12.6. The van der Waals surface area contributed by atoms with Crippen LogP contribution >= 0.6 is 0 Å². The van der Waals surface area contributed by atoms with E-state index >= 15 is 0 Å². The minimum atomic E-state index is -0.502. The second-order valence-corrected chi connectivity index (χ2v) is 9.74. The summed E-state index contributed by atoms with van der Waals surface area (Å²) in [5, 5.41) is 0. The van der Waals surface area contributed by atoms with Gasteiger partial charge in [0, 0.05) is 91.6 Å². The number of nitrogens with zero attached hydrogens (tertiary/aromatic N) is 6. The minimum Gasteiger partial charge on any atom is -0.453 e. The lowest BCUT2D eigenvalue weighted by molar-refractivity contribution is 0.0250. The first kappa shape index (κ1) is 35.1. The van der Waals surface area contributed by atoms with E-state index in [0.29, 0.717) is 91.9 Å². The van der Waals surface area contributed by atoms with Crippen molar-refractivity contribution in [2.45, 2.75) is 0 Å². The Morgan fingerprint density at radius 3 is 0.857 bits per heavy atom. The van der Waals surface area contributed by atoms with Gasteiger partial charge in [0.1, 0.15) is 0 Å². The highest BCUT2D eigenvalue weighted by Gasteiger charge is 2.24. The second-order valence-electron chi connectivity index (χ2n) is 9.74. The van der Waals surface area contributed by atoms with E-state index in [1.165, 1.54) is 28.4 Å². The number of carbonyl (C=O) groups excluding carboxylic acids is 4. The molecule has 0 saturated carbocycles. The van der Waals surface area contributed by atoms with Crippen molar-refractivity contribution in [2.75, 3.05) is 146 Å². The first-order chi connectivity index (χ1) is 20.3. The van der Waals surface area contributed by atoms with Gasteiger partial charge in [-0.05, 0) is 0 Å². The van der Waals surface area contributed by atoms with Crippen LogP contribution in [0.5, 0.6) is 0 Å². The van der Waals surface area contributed by atoms with E-state index in [2.05, 4.69) is 9.80 Å². The Balaban J connectivity index is 2.41. The average Bonchev–Trinajstić information content (AvgIpc) is 3.01. The normalized spacial score (nSPS) is 23.0. The van der Waals surface area contributed by atoms with Crippen LogP contribution in [0.3, 0.4) is 0 Å². The fourth-order valence-corrected chi connectivity index (χ4v) is 4.61. The number of carbonyl (C=O) groups is 4. The third kappa shape index (κ3) is 12.4. The molecule has 42 heavy (non-hydrogen) atoms. The summed E-state index contributed by atoms with van der Waals surface area (Å²) < 4.78 is 31.6. The van der Waals surface area contributed by atoms with Crippen molar-refractivity contribution >= 4 is 24.4 Å². The van der Waals surface area contributed by atoms with Crippen molar-refractivity contribution in [3.63, 3.8) is 0 Å². The molecule has 16 heteroatoms. The Hall–Kier alpha value is -3.08. The first-order valence-corrected chi connectivity index (χ1v) is 14.2. The van der Waals surface area contributed by atoms with Gasteiger partial charge < -0.3 is 48.0 Å². The van der Waals surface area contributed by atoms with E-state index in [0.717, 1.165) is 0 Å². The zero-order valence-corrected chi connectivity index (χ0v) is 25.5. The van der Waals surface area contributed by atoms with E-state index in [1.54, 1.807) is 19.6 Å². The molecule has 0 N–H and O–H groups in total. The van der Waals surface area contributed by atoms with E-state index in [9.17, 15) is 19.2 Å². The summed E-state index contributed by atoms with van der Waals surface area (Å²) in [6, 6.07) is 0. The standard InChI is InChI=1S/C26H48N6O10/c1-37-23(33)29-9-5-27-6-11-31(25(35)39-3)15-16-32(26(36)40-4)12-8-28(18-20-42-22-21-41-19-17-27)7-10-30(14-13-29)24(34)38-2/h5-22H2,1-4H3. The number of methoxy groups -OCH3 is 4.